The lowest BCUT2D eigenvalue weighted by Crippen LogP contribution is -2.32. The Bertz CT molecular complexity index is 727. The molecule has 1 aliphatic carbocycles. The van der Waals surface area contributed by atoms with Crippen LogP contribution in [0.5, 0.6) is 5.75 Å². The van der Waals surface area contributed by atoms with Gasteiger partial charge in [-0.3, -0.25) is 4.98 Å². The molecule has 2 aliphatic rings. The van der Waals surface area contributed by atoms with Crippen LogP contribution in [0.25, 0.3) is 11.5 Å². The van der Waals surface area contributed by atoms with E-state index in [9.17, 15) is 0 Å². The Balaban J connectivity index is 1.59. The second kappa shape index (κ2) is 5.84. The SMILES string of the molecule is CC(C)(C)c1nc(-c2cc(OCC3COC3)c(C3CC3)cn2)no1. The summed E-state index contributed by atoms with van der Waals surface area (Å²) in [4.78, 5) is 9.03. The fourth-order valence-electron chi connectivity index (χ4n) is 2.62. The third kappa shape index (κ3) is 3.15. The molecule has 0 amide bonds. The Kier molecular flexibility index (Phi) is 3.79. The van der Waals surface area contributed by atoms with Crippen LogP contribution >= 0.6 is 0 Å². The smallest absolute Gasteiger partial charge is 0.232 e. The summed E-state index contributed by atoms with van der Waals surface area (Å²) < 4.78 is 16.7. The average molecular weight is 329 g/mol. The zero-order valence-corrected chi connectivity index (χ0v) is 14.4. The van der Waals surface area contributed by atoms with Crippen molar-refractivity contribution in [2.45, 2.75) is 44.9 Å². The summed E-state index contributed by atoms with van der Waals surface area (Å²) in [5.41, 5.74) is 1.71. The molecular formula is C18H23N3O3. The third-order valence-corrected chi connectivity index (χ3v) is 4.39. The number of rotatable bonds is 5. The monoisotopic (exact) mass is 329 g/mol. The molecule has 128 valence electrons. The highest BCUT2D eigenvalue weighted by molar-refractivity contribution is 5.54. The lowest BCUT2D eigenvalue weighted by Gasteiger charge is -2.26. The summed E-state index contributed by atoms with van der Waals surface area (Å²) in [6.45, 7) is 8.39. The maximum Gasteiger partial charge on any atom is 0.232 e. The van der Waals surface area contributed by atoms with Crippen molar-refractivity contribution in [3.05, 3.63) is 23.7 Å². The van der Waals surface area contributed by atoms with Gasteiger partial charge >= 0.3 is 0 Å². The van der Waals surface area contributed by atoms with E-state index in [0.29, 0.717) is 35.9 Å². The van der Waals surface area contributed by atoms with E-state index >= 15 is 0 Å². The van der Waals surface area contributed by atoms with Crippen molar-refractivity contribution in [1.29, 1.82) is 0 Å². The van der Waals surface area contributed by atoms with E-state index in [2.05, 4.69) is 15.1 Å². The molecule has 1 saturated heterocycles. The standard InChI is InChI=1S/C18H23N3O3/c1-18(2,3)17-20-16(21-24-17)14-6-15(23-10-11-8-22-9-11)13(7-19-14)12-4-5-12/h6-7,11-12H,4-5,8-10H2,1-3H3. The van der Waals surface area contributed by atoms with Gasteiger partial charge in [0.1, 0.15) is 11.4 Å². The van der Waals surface area contributed by atoms with Crippen LogP contribution < -0.4 is 4.74 Å². The highest BCUT2D eigenvalue weighted by Gasteiger charge is 2.29. The first-order valence-electron chi connectivity index (χ1n) is 8.56. The van der Waals surface area contributed by atoms with Crippen LogP contribution in [0.4, 0.5) is 0 Å². The quantitative estimate of drug-likeness (QED) is 0.838. The second-order valence-corrected chi connectivity index (χ2v) is 7.77. The van der Waals surface area contributed by atoms with Gasteiger partial charge in [-0.2, -0.15) is 4.98 Å². The lowest BCUT2D eigenvalue weighted by molar-refractivity contribution is -0.0509. The molecule has 0 bridgehead atoms. The fourth-order valence-corrected chi connectivity index (χ4v) is 2.62. The predicted octanol–water partition coefficient (Wildman–Crippen LogP) is 3.33. The molecule has 3 heterocycles. The van der Waals surface area contributed by atoms with Crippen molar-refractivity contribution in [3.8, 4) is 17.3 Å². The molecule has 0 N–H and O–H groups in total. The van der Waals surface area contributed by atoms with Crippen molar-refractivity contribution in [1.82, 2.24) is 15.1 Å². The van der Waals surface area contributed by atoms with Gasteiger partial charge in [-0.1, -0.05) is 25.9 Å². The van der Waals surface area contributed by atoms with E-state index in [1.807, 2.05) is 33.0 Å². The minimum absolute atomic E-state index is 0.178. The van der Waals surface area contributed by atoms with Gasteiger partial charge in [-0.05, 0) is 18.8 Å². The summed E-state index contributed by atoms with van der Waals surface area (Å²) in [7, 11) is 0. The highest BCUT2D eigenvalue weighted by Crippen LogP contribution is 2.44. The molecule has 6 nitrogen and oxygen atoms in total. The maximum atomic E-state index is 6.07. The van der Waals surface area contributed by atoms with Crippen LogP contribution in [-0.4, -0.2) is 34.9 Å². The molecule has 0 atom stereocenters. The van der Waals surface area contributed by atoms with Crippen LogP contribution in [0, 0.1) is 5.92 Å². The molecule has 24 heavy (non-hydrogen) atoms. The Morgan fingerprint density at radius 3 is 2.62 bits per heavy atom. The van der Waals surface area contributed by atoms with Crippen LogP contribution in [0.2, 0.25) is 0 Å². The van der Waals surface area contributed by atoms with Crippen molar-refractivity contribution >= 4 is 0 Å². The molecule has 1 aliphatic heterocycles. The molecule has 0 radical (unpaired) electrons. The Morgan fingerprint density at radius 1 is 1.25 bits per heavy atom. The number of nitrogens with zero attached hydrogens (tertiary/aromatic N) is 3. The van der Waals surface area contributed by atoms with Crippen LogP contribution in [0.1, 0.15) is 51.0 Å². The van der Waals surface area contributed by atoms with E-state index < -0.39 is 0 Å². The number of hydrogen-bond acceptors (Lipinski definition) is 6. The minimum atomic E-state index is -0.178. The molecule has 0 aromatic carbocycles. The summed E-state index contributed by atoms with van der Waals surface area (Å²) in [6, 6.07) is 1.95. The normalized spacial score (nSPS) is 18.5. The van der Waals surface area contributed by atoms with Crippen molar-refractivity contribution in [2.75, 3.05) is 19.8 Å². The van der Waals surface area contributed by atoms with Crippen LogP contribution in [-0.2, 0) is 10.2 Å². The Morgan fingerprint density at radius 2 is 2.04 bits per heavy atom. The van der Waals surface area contributed by atoms with Gasteiger partial charge in [-0.15, -0.1) is 0 Å². The van der Waals surface area contributed by atoms with E-state index in [0.717, 1.165) is 19.0 Å². The van der Waals surface area contributed by atoms with E-state index in [-0.39, 0.29) is 5.41 Å². The summed E-state index contributed by atoms with van der Waals surface area (Å²) in [5, 5.41) is 4.08. The predicted molar refractivity (Wildman–Crippen MR) is 88.0 cm³/mol. The lowest BCUT2D eigenvalue weighted by atomic mass is 9.97. The first kappa shape index (κ1) is 15.6. The molecule has 1 saturated carbocycles. The number of ether oxygens (including phenoxy) is 2. The first-order chi connectivity index (χ1) is 11.5. The summed E-state index contributed by atoms with van der Waals surface area (Å²) in [5.74, 6) is 3.09. The summed E-state index contributed by atoms with van der Waals surface area (Å²) >= 11 is 0. The van der Waals surface area contributed by atoms with Crippen LogP contribution in [0.3, 0.4) is 0 Å². The van der Waals surface area contributed by atoms with E-state index in [1.165, 1.54) is 18.4 Å². The van der Waals surface area contributed by atoms with Gasteiger partial charge in [0.2, 0.25) is 11.7 Å². The molecule has 4 rings (SSSR count). The first-order valence-corrected chi connectivity index (χ1v) is 8.56. The van der Waals surface area contributed by atoms with Crippen LogP contribution in [0.15, 0.2) is 16.8 Å². The molecular weight excluding hydrogens is 306 g/mol. The topological polar surface area (TPSA) is 70.3 Å². The fraction of sp³-hybridized carbons (Fsp3) is 0.611. The minimum Gasteiger partial charge on any atom is -0.493 e. The molecule has 2 aromatic rings. The maximum absolute atomic E-state index is 6.07. The van der Waals surface area contributed by atoms with Gasteiger partial charge < -0.3 is 14.0 Å². The summed E-state index contributed by atoms with van der Waals surface area (Å²) in [6.07, 6.45) is 4.33. The van der Waals surface area contributed by atoms with Gasteiger partial charge in [0.15, 0.2) is 0 Å². The van der Waals surface area contributed by atoms with Gasteiger partial charge in [0.05, 0.1) is 19.8 Å². The molecule has 2 fully saturated rings. The largest absolute Gasteiger partial charge is 0.493 e. The third-order valence-electron chi connectivity index (χ3n) is 4.39. The number of aromatic nitrogens is 3. The molecule has 0 spiro atoms. The molecule has 2 aromatic heterocycles. The van der Waals surface area contributed by atoms with Gasteiger partial charge in [-0.25, -0.2) is 0 Å². The van der Waals surface area contributed by atoms with Crippen molar-refractivity contribution < 1.29 is 14.0 Å². The average Bonchev–Trinajstić information content (AvgIpc) is 3.20. The number of pyridine rings is 1. The highest BCUT2D eigenvalue weighted by atomic mass is 16.5. The van der Waals surface area contributed by atoms with Crippen molar-refractivity contribution in [2.24, 2.45) is 5.92 Å². The van der Waals surface area contributed by atoms with Gasteiger partial charge in [0, 0.05) is 29.2 Å². The van der Waals surface area contributed by atoms with E-state index in [4.69, 9.17) is 14.0 Å². The van der Waals surface area contributed by atoms with Gasteiger partial charge in [0.25, 0.3) is 0 Å². The zero-order chi connectivity index (χ0) is 16.7. The Hall–Kier alpha value is -1.95. The molecule has 0 unspecified atom stereocenters. The Labute approximate surface area is 141 Å². The second-order valence-electron chi connectivity index (χ2n) is 7.77. The van der Waals surface area contributed by atoms with Crippen molar-refractivity contribution in [3.63, 3.8) is 0 Å². The zero-order valence-electron chi connectivity index (χ0n) is 14.4. The molecule has 6 heteroatoms. The number of hydrogen-bond donors (Lipinski definition) is 0. The van der Waals surface area contributed by atoms with E-state index in [1.54, 1.807) is 0 Å².